The van der Waals surface area contributed by atoms with E-state index in [1.165, 1.54) is 4.88 Å². The van der Waals surface area contributed by atoms with Crippen molar-refractivity contribution in [2.45, 2.75) is 25.5 Å². The van der Waals surface area contributed by atoms with Gasteiger partial charge in [0.2, 0.25) is 0 Å². The lowest BCUT2D eigenvalue weighted by Gasteiger charge is -2.00. The summed E-state index contributed by atoms with van der Waals surface area (Å²) in [5.74, 6) is 0.970. The molecular formula is C10H10N2OS2. The van der Waals surface area contributed by atoms with Gasteiger partial charge in [-0.1, -0.05) is 11.8 Å². The molecule has 1 aliphatic rings. The second-order valence-corrected chi connectivity index (χ2v) is 5.95. The Morgan fingerprint density at radius 3 is 3.00 bits per heavy atom. The molecule has 2 aromatic heterocycles. The summed E-state index contributed by atoms with van der Waals surface area (Å²) >= 11 is 3.24. The molecule has 0 spiro atoms. The summed E-state index contributed by atoms with van der Waals surface area (Å²) in [7, 11) is 0. The summed E-state index contributed by atoms with van der Waals surface area (Å²) in [6.45, 7) is 4.89. The minimum absolute atomic E-state index is 0.140. The minimum atomic E-state index is 0.140. The number of thiophene rings is 1. The fourth-order valence-electron chi connectivity index (χ4n) is 1.80. The van der Waals surface area contributed by atoms with Gasteiger partial charge in [0.15, 0.2) is 5.16 Å². The lowest BCUT2D eigenvalue weighted by atomic mass is 10.2. The van der Waals surface area contributed by atoms with Crippen molar-refractivity contribution in [2.24, 2.45) is 0 Å². The van der Waals surface area contributed by atoms with Gasteiger partial charge in [-0.25, -0.2) is 4.98 Å². The summed E-state index contributed by atoms with van der Waals surface area (Å²) in [4.78, 5) is 17.9. The lowest BCUT2D eigenvalue weighted by Crippen LogP contribution is -2.19. The van der Waals surface area contributed by atoms with E-state index in [9.17, 15) is 4.79 Å². The first-order valence-corrected chi connectivity index (χ1v) is 6.62. The van der Waals surface area contributed by atoms with Crippen LogP contribution in [-0.4, -0.2) is 15.3 Å². The van der Waals surface area contributed by atoms with Crippen molar-refractivity contribution < 1.29 is 0 Å². The molecule has 0 fully saturated rings. The molecule has 0 amide bonds. The van der Waals surface area contributed by atoms with Crippen LogP contribution < -0.4 is 5.56 Å². The molecule has 0 unspecified atom stereocenters. The van der Waals surface area contributed by atoms with Gasteiger partial charge in [-0.3, -0.25) is 9.36 Å². The predicted octanol–water partition coefficient (Wildman–Crippen LogP) is 2.18. The number of aromatic nitrogens is 2. The van der Waals surface area contributed by atoms with Crippen LogP contribution in [0.15, 0.2) is 9.95 Å². The third-order valence-electron chi connectivity index (χ3n) is 2.78. The Balaban J connectivity index is 2.51. The molecule has 5 heteroatoms. The molecule has 2 aromatic rings. The van der Waals surface area contributed by atoms with E-state index in [1.807, 2.05) is 13.8 Å². The second kappa shape index (κ2) is 3.09. The molecule has 0 aromatic carbocycles. The Kier molecular flexibility index (Phi) is 1.94. The largest absolute Gasteiger partial charge is 0.286 e. The zero-order valence-electron chi connectivity index (χ0n) is 8.53. The van der Waals surface area contributed by atoms with Crippen LogP contribution in [0.3, 0.4) is 0 Å². The molecule has 0 radical (unpaired) electrons. The monoisotopic (exact) mass is 238 g/mol. The van der Waals surface area contributed by atoms with Gasteiger partial charge in [-0.15, -0.1) is 11.3 Å². The Morgan fingerprint density at radius 2 is 2.20 bits per heavy atom. The van der Waals surface area contributed by atoms with Crippen molar-refractivity contribution in [3.8, 4) is 0 Å². The van der Waals surface area contributed by atoms with Crippen molar-refractivity contribution in [2.75, 3.05) is 5.75 Å². The Morgan fingerprint density at radius 1 is 1.40 bits per heavy atom. The van der Waals surface area contributed by atoms with Gasteiger partial charge in [0.1, 0.15) is 4.70 Å². The van der Waals surface area contributed by atoms with Gasteiger partial charge in [-0.2, -0.15) is 0 Å². The van der Waals surface area contributed by atoms with Gasteiger partial charge >= 0.3 is 0 Å². The molecule has 0 bridgehead atoms. The highest BCUT2D eigenvalue weighted by molar-refractivity contribution is 7.99. The Bertz CT molecular complexity index is 612. The van der Waals surface area contributed by atoms with E-state index in [-0.39, 0.29) is 5.56 Å². The van der Waals surface area contributed by atoms with Crippen LogP contribution in [0.5, 0.6) is 0 Å². The first-order chi connectivity index (χ1) is 7.18. The highest BCUT2D eigenvalue weighted by atomic mass is 32.2. The molecular weight excluding hydrogens is 228 g/mol. The molecule has 1 aliphatic heterocycles. The van der Waals surface area contributed by atoms with E-state index in [1.54, 1.807) is 27.7 Å². The van der Waals surface area contributed by atoms with Crippen LogP contribution in [0.4, 0.5) is 0 Å². The lowest BCUT2D eigenvalue weighted by molar-refractivity contribution is 0.670. The normalized spacial score (nSPS) is 14.8. The first-order valence-electron chi connectivity index (χ1n) is 4.82. The van der Waals surface area contributed by atoms with Crippen molar-refractivity contribution >= 4 is 33.3 Å². The average molecular weight is 238 g/mol. The van der Waals surface area contributed by atoms with Crippen LogP contribution >= 0.6 is 23.1 Å². The van der Waals surface area contributed by atoms with Gasteiger partial charge in [-0.05, 0) is 19.4 Å². The maximum Gasteiger partial charge on any atom is 0.272 e. The van der Waals surface area contributed by atoms with Gasteiger partial charge < -0.3 is 0 Å². The number of fused-ring (bicyclic) bond motifs is 2. The van der Waals surface area contributed by atoms with Gasteiger partial charge in [0.25, 0.3) is 5.56 Å². The van der Waals surface area contributed by atoms with Crippen LogP contribution in [-0.2, 0) is 6.54 Å². The number of nitrogens with zero attached hydrogens (tertiary/aromatic N) is 2. The molecule has 0 atom stereocenters. The quantitative estimate of drug-likeness (QED) is 0.660. The van der Waals surface area contributed by atoms with Crippen molar-refractivity contribution in [1.82, 2.24) is 9.55 Å². The molecule has 0 saturated heterocycles. The maximum atomic E-state index is 12.1. The third-order valence-corrected chi connectivity index (χ3v) is 4.92. The third kappa shape index (κ3) is 1.19. The molecule has 3 nitrogen and oxygen atoms in total. The van der Waals surface area contributed by atoms with E-state index in [2.05, 4.69) is 4.98 Å². The highest BCUT2D eigenvalue weighted by Gasteiger charge is 2.19. The van der Waals surface area contributed by atoms with E-state index in [0.717, 1.165) is 33.2 Å². The zero-order valence-corrected chi connectivity index (χ0v) is 10.2. The summed E-state index contributed by atoms with van der Waals surface area (Å²) in [6, 6.07) is 0. The van der Waals surface area contributed by atoms with E-state index in [0.29, 0.717) is 0 Å². The van der Waals surface area contributed by atoms with Crippen LogP contribution in [0.1, 0.15) is 10.4 Å². The second-order valence-electron chi connectivity index (χ2n) is 3.66. The fraction of sp³-hybridized carbons (Fsp3) is 0.400. The van der Waals surface area contributed by atoms with Crippen molar-refractivity contribution in [3.63, 3.8) is 0 Å². The molecule has 3 heterocycles. The smallest absolute Gasteiger partial charge is 0.272 e. The van der Waals surface area contributed by atoms with Crippen molar-refractivity contribution in [3.05, 3.63) is 20.8 Å². The summed E-state index contributed by atoms with van der Waals surface area (Å²) in [6.07, 6.45) is 0. The maximum absolute atomic E-state index is 12.1. The number of rotatable bonds is 0. The number of aryl methyl sites for hydroxylation is 2. The van der Waals surface area contributed by atoms with E-state index >= 15 is 0 Å². The molecule has 78 valence electrons. The van der Waals surface area contributed by atoms with Crippen LogP contribution in [0, 0.1) is 13.8 Å². The predicted molar refractivity (Wildman–Crippen MR) is 64.1 cm³/mol. The molecule has 0 aliphatic carbocycles. The average Bonchev–Trinajstić information content (AvgIpc) is 2.77. The molecule has 15 heavy (non-hydrogen) atoms. The Labute approximate surface area is 95.1 Å². The zero-order chi connectivity index (χ0) is 10.6. The number of hydrogen-bond donors (Lipinski definition) is 0. The standard InChI is InChI=1S/C10H10N2OS2/c1-5-6(2)15-8-7(5)11-10-12(9(8)13)3-4-14-10/h3-4H2,1-2H3. The minimum Gasteiger partial charge on any atom is -0.286 e. The van der Waals surface area contributed by atoms with Crippen molar-refractivity contribution in [1.29, 1.82) is 0 Å². The van der Waals surface area contributed by atoms with E-state index in [4.69, 9.17) is 0 Å². The van der Waals surface area contributed by atoms with Gasteiger partial charge in [0.05, 0.1) is 5.52 Å². The van der Waals surface area contributed by atoms with Crippen LogP contribution in [0.2, 0.25) is 0 Å². The topological polar surface area (TPSA) is 34.9 Å². The van der Waals surface area contributed by atoms with Gasteiger partial charge in [0, 0.05) is 17.2 Å². The van der Waals surface area contributed by atoms with Crippen LogP contribution in [0.25, 0.3) is 10.2 Å². The summed E-state index contributed by atoms with van der Waals surface area (Å²) < 4.78 is 2.61. The molecule has 0 N–H and O–H groups in total. The number of hydrogen-bond acceptors (Lipinski definition) is 4. The SMILES string of the molecule is Cc1sc2c(=O)n3c(nc2c1C)SCC3. The highest BCUT2D eigenvalue weighted by Crippen LogP contribution is 2.30. The fourth-order valence-corrected chi connectivity index (χ4v) is 3.79. The summed E-state index contributed by atoms with van der Waals surface area (Å²) in [5, 5.41) is 0.883. The number of thioether (sulfide) groups is 1. The first kappa shape index (κ1) is 9.42. The molecule has 0 saturated carbocycles. The molecule has 3 rings (SSSR count). The Hall–Kier alpha value is -0.810. The van der Waals surface area contributed by atoms with E-state index < -0.39 is 0 Å². The summed E-state index contributed by atoms with van der Waals surface area (Å²) in [5.41, 5.74) is 2.20.